The van der Waals surface area contributed by atoms with Gasteiger partial charge in [-0.05, 0) is 73.1 Å². The molecule has 184 valence electrons. The molecule has 3 rings (SSSR count). The van der Waals surface area contributed by atoms with Gasteiger partial charge in [0.05, 0.1) is 6.61 Å². The second kappa shape index (κ2) is 13.7. The summed E-state index contributed by atoms with van der Waals surface area (Å²) in [7, 11) is 1.62. The normalized spacial score (nSPS) is 12.4. The fourth-order valence-corrected chi connectivity index (χ4v) is 3.64. The van der Waals surface area contributed by atoms with Crippen LogP contribution < -0.4 is 4.74 Å². The third-order valence-electron chi connectivity index (χ3n) is 6.24. The van der Waals surface area contributed by atoms with Gasteiger partial charge < -0.3 is 19.7 Å². The Bertz CT molecular complexity index is 994. The Morgan fingerprint density at radius 3 is 1.68 bits per heavy atom. The van der Waals surface area contributed by atoms with Gasteiger partial charge in [-0.3, -0.25) is 0 Å². The van der Waals surface area contributed by atoms with Crippen molar-refractivity contribution < 1.29 is 19.7 Å². The lowest BCUT2D eigenvalue weighted by Crippen LogP contribution is -2.00. The number of rotatable bonds is 9. The molecule has 0 heterocycles. The van der Waals surface area contributed by atoms with Crippen LogP contribution in [0.1, 0.15) is 80.2 Å². The summed E-state index contributed by atoms with van der Waals surface area (Å²) in [5.41, 5.74) is 5.27. The van der Waals surface area contributed by atoms with Crippen LogP contribution in [0.5, 0.6) is 17.2 Å². The van der Waals surface area contributed by atoms with Crippen molar-refractivity contribution in [1.82, 2.24) is 0 Å². The molecular weight excluding hydrogens is 424 g/mol. The molecule has 2 atom stereocenters. The van der Waals surface area contributed by atoms with Gasteiger partial charge in [0, 0.05) is 18.2 Å². The van der Waals surface area contributed by atoms with Crippen molar-refractivity contribution in [3.05, 3.63) is 88.5 Å². The monoisotopic (exact) mass is 464 g/mol. The van der Waals surface area contributed by atoms with Crippen LogP contribution in [-0.4, -0.2) is 17.3 Å². The molecule has 2 N–H and O–H groups in total. The molecule has 3 aromatic carbocycles. The molecule has 0 saturated heterocycles. The van der Waals surface area contributed by atoms with E-state index in [1.807, 2.05) is 43.3 Å². The number of methoxy groups -OCH3 is 1. The average molecular weight is 465 g/mol. The largest absolute Gasteiger partial charge is 0.508 e. The number of aryl methyl sites for hydroxylation is 1. The zero-order valence-electron chi connectivity index (χ0n) is 21.5. The topological polar surface area (TPSA) is 58.9 Å². The Kier molecular flexibility index (Phi) is 11.0. The van der Waals surface area contributed by atoms with Crippen molar-refractivity contribution in [2.24, 2.45) is 0 Å². The highest BCUT2D eigenvalue weighted by atomic mass is 16.5. The summed E-state index contributed by atoms with van der Waals surface area (Å²) in [4.78, 5) is 0. The van der Waals surface area contributed by atoms with E-state index in [4.69, 9.17) is 14.6 Å². The Morgan fingerprint density at radius 1 is 0.735 bits per heavy atom. The van der Waals surface area contributed by atoms with E-state index in [0.717, 1.165) is 35.3 Å². The highest BCUT2D eigenvalue weighted by molar-refractivity contribution is 5.43. The van der Waals surface area contributed by atoms with Crippen LogP contribution in [0, 0.1) is 6.92 Å². The van der Waals surface area contributed by atoms with Crippen LogP contribution in [0.15, 0.2) is 60.7 Å². The minimum Gasteiger partial charge on any atom is -0.508 e. The average Bonchev–Trinajstić information content (AvgIpc) is 2.85. The summed E-state index contributed by atoms with van der Waals surface area (Å²) < 4.78 is 11.0. The zero-order chi connectivity index (χ0) is 25.1. The van der Waals surface area contributed by atoms with Gasteiger partial charge in [0.2, 0.25) is 0 Å². The van der Waals surface area contributed by atoms with E-state index in [1.165, 1.54) is 11.1 Å². The number of aromatic hydroxyl groups is 2. The van der Waals surface area contributed by atoms with Gasteiger partial charge >= 0.3 is 0 Å². The molecule has 0 saturated carbocycles. The lowest BCUT2D eigenvalue weighted by atomic mass is 9.99. The molecule has 34 heavy (non-hydrogen) atoms. The molecule has 4 nitrogen and oxygen atoms in total. The quantitative estimate of drug-likeness (QED) is 0.338. The van der Waals surface area contributed by atoms with Gasteiger partial charge in [0.25, 0.3) is 0 Å². The fraction of sp³-hybridized carbons (Fsp3) is 0.400. The van der Waals surface area contributed by atoms with Crippen LogP contribution in [0.3, 0.4) is 0 Å². The van der Waals surface area contributed by atoms with Crippen LogP contribution in [0.25, 0.3) is 0 Å². The molecule has 0 spiro atoms. The number of hydrogen-bond acceptors (Lipinski definition) is 4. The number of benzene rings is 3. The van der Waals surface area contributed by atoms with E-state index in [9.17, 15) is 5.11 Å². The van der Waals surface area contributed by atoms with Crippen molar-refractivity contribution in [1.29, 1.82) is 0 Å². The van der Waals surface area contributed by atoms with E-state index in [1.54, 1.807) is 19.2 Å². The van der Waals surface area contributed by atoms with E-state index < -0.39 is 0 Å². The molecule has 0 fully saturated rings. The van der Waals surface area contributed by atoms with Crippen LogP contribution in [-0.2, 0) is 18.0 Å². The molecule has 0 aliphatic rings. The first-order chi connectivity index (χ1) is 16.3. The SMILES string of the molecule is CCC(C)c1ccc(O)cc1.CCC(C)c1ccc(OCc2cc(C)cc(COC)c2O)cc1. The summed E-state index contributed by atoms with van der Waals surface area (Å²) in [6, 6.07) is 19.5. The molecule has 3 aromatic rings. The highest BCUT2D eigenvalue weighted by Crippen LogP contribution is 2.27. The van der Waals surface area contributed by atoms with Gasteiger partial charge in [0.15, 0.2) is 0 Å². The van der Waals surface area contributed by atoms with Crippen molar-refractivity contribution in [3.63, 3.8) is 0 Å². The summed E-state index contributed by atoms with van der Waals surface area (Å²) >= 11 is 0. The predicted octanol–water partition coefficient (Wildman–Crippen LogP) is 7.85. The molecular formula is C30H40O4. The smallest absolute Gasteiger partial charge is 0.127 e. The minimum absolute atomic E-state index is 0.258. The highest BCUT2D eigenvalue weighted by Gasteiger charge is 2.10. The maximum atomic E-state index is 10.3. The molecule has 0 radical (unpaired) electrons. The van der Waals surface area contributed by atoms with Crippen LogP contribution in [0.2, 0.25) is 0 Å². The Labute approximate surface area is 205 Å². The van der Waals surface area contributed by atoms with E-state index in [2.05, 4.69) is 39.8 Å². The van der Waals surface area contributed by atoms with E-state index >= 15 is 0 Å². The first-order valence-corrected chi connectivity index (χ1v) is 12.1. The molecule has 2 unspecified atom stereocenters. The molecule has 0 aliphatic carbocycles. The van der Waals surface area contributed by atoms with Crippen molar-refractivity contribution in [2.75, 3.05) is 7.11 Å². The maximum absolute atomic E-state index is 10.3. The maximum Gasteiger partial charge on any atom is 0.127 e. The minimum atomic E-state index is 0.258. The molecule has 0 amide bonds. The van der Waals surface area contributed by atoms with Crippen molar-refractivity contribution in [2.45, 2.75) is 72.5 Å². The number of hydrogen-bond donors (Lipinski definition) is 2. The standard InChI is InChI=1S/C20H26O3.C10H14O/c1-5-15(3)16-6-8-19(9-7-16)23-13-18-11-14(2)10-17(12-22-4)20(18)21;1-3-8(2)9-4-6-10(11)7-5-9/h6-11,15,21H,5,12-13H2,1-4H3;4-8,11H,3H2,1-2H3. The second-order valence-electron chi connectivity index (χ2n) is 8.93. The zero-order valence-corrected chi connectivity index (χ0v) is 21.5. The third kappa shape index (κ3) is 8.11. The summed E-state index contributed by atoms with van der Waals surface area (Å²) in [5.74, 6) is 2.56. The Balaban J connectivity index is 0.000000310. The first kappa shape index (κ1) is 27.3. The lowest BCUT2D eigenvalue weighted by Gasteiger charge is -2.13. The Hall–Kier alpha value is -2.98. The van der Waals surface area contributed by atoms with E-state index in [-0.39, 0.29) is 5.75 Å². The van der Waals surface area contributed by atoms with Crippen LogP contribution in [0.4, 0.5) is 0 Å². The Morgan fingerprint density at radius 2 is 1.21 bits per heavy atom. The van der Waals surface area contributed by atoms with Gasteiger partial charge in [-0.1, -0.05) is 63.6 Å². The summed E-state index contributed by atoms with van der Waals surface area (Å²) in [5, 5.41) is 19.3. The van der Waals surface area contributed by atoms with Gasteiger partial charge in [0.1, 0.15) is 23.9 Å². The van der Waals surface area contributed by atoms with Crippen molar-refractivity contribution in [3.8, 4) is 17.2 Å². The first-order valence-electron chi connectivity index (χ1n) is 12.1. The lowest BCUT2D eigenvalue weighted by molar-refractivity contribution is 0.181. The number of phenols is 2. The van der Waals surface area contributed by atoms with Crippen LogP contribution >= 0.6 is 0 Å². The fourth-order valence-electron chi connectivity index (χ4n) is 3.64. The number of ether oxygens (including phenoxy) is 2. The van der Waals surface area contributed by atoms with Crippen molar-refractivity contribution >= 4 is 0 Å². The molecule has 0 bridgehead atoms. The summed E-state index contributed by atoms with van der Waals surface area (Å²) in [6.45, 7) is 11.5. The second-order valence-corrected chi connectivity index (χ2v) is 8.93. The van der Waals surface area contributed by atoms with Gasteiger partial charge in [-0.2, -0.15) is 0 Å². The number of phenolic OH excluding ortho intramolecular Hbond substituents is 2. The molecule has 4 heteroatoms. The summed E-state index contributed by atoms with van der Waals surface area (Å²) in [6.07, 6.45) is 2.27. The van der Waals surface area contributed by atoms with Gasteiger partial charge in [-0.25, -0.2) is 0 Å². The van der Waals surface area contributed by atoms with Gasteiger partial charge in [-0.15, -0.1) is 0 Å². The molecule has 0 aromatic heterocycles. The predicted molar refractivity (Wildman–Crippen MR) is 140 cm³/mol. The third-order valence-corrected chi connectivity index (χ3v) is 6.24. The molecule has 0 aliphatic heterocycles. The van der Waals surface area contributed by atoms with E-state index in [0.29, 0.717) is 30.8 Å².